The van der Waals surface area contributed by atoms with Gasteiger partial charge in [0.1, 0.15) is 6.10 Å². The number of carbonyl (C=O) groups is 1. The molecule has 1 fully saturated rings. The number of benzene rings is 1. The molecule has 1 saturated carbocycles. The van der Waals surface area contributed by atoms with Crippen molar-refractivity contribution in [2.24, 2.45) is 11.3 Å². The zero-order chi connectivity index (χ0) is 16.3. The van der Waals surface area contributed by atoms with Gasteiger partial charge in [-0.3, -0.25) is 10.1 Å². The summed E-state index contributed by atoms with van der Waals surface area (Å²) in [7, 11) is 0. The minimum Gasteiger partial charge on any atom is -0.458 e. The summed E-state index contributed by atoms with van der Waals surface area (Å²) in [6, 6.07) is 5.57. The molecule has 120 valence electrons. The van der Waals surface area contributed by atoms with Crippen LogP contribution in [0.25, 0.3) is 0 Å². The first-order valence-corrected chi connectivity index (χ1v) is 7.74. The Morgan fingerprint density at radius 1 is 1.18 bits per heavy atom. The van der Waals surface area contributed by atoms with Crippen LogP contribution in [0.1, 0.15) is 56.8 Å². The molecule has 0 N–H and O–H groups in total. The number of non-ortho nitro benzene ring substituents is 1. The number of hydrogen-bond acceptors (Lipinski definition) is 4. The maximum Gasteiger partial charge on any atom is 0.338 e. The second-order valence-corrected chi connectivity index (χ2v) is 7.00. The van der Waals surface area contributed by atoms with Crippen molar-refractivity contribution in [2.45, 2.75) is 52.6 Å². The fourth-order valence-electron chi connectivity index (χ4n) is 3.15. The summed E-state index contributed by atoms with van der Waals surface area (Å²) in [5.41, 5.74) is 0.437. The van der Waals surface area contributed by atoms with Crippen LogP contribution in [0, 0.1) is 21.4 Å². The van der Waals surface area contributed by atoms with E-state index in [0.717, 1.165) is 19.3 Å². The molecular weight excluding hydrogens is 282 g/mol. The molecule has 0 heterocycles. The van der Waals surface area contributed by atoms with Crippen LogP contribution in [0.3, 0.4) is 0 Å². The van der Waals surface area contributed by atoms with Gasteiger partial charge in [-0.2, -0.15) is 0 Å². The number of nitrogens with zero attached hydrogens (tertiary/aromatic N) is 1. The second kappa shape index (κ2) is 6.46. The van der Waals surface area contributed by atoms with Crippen LogP contribution >= 0.6 is 0 Å². The van der Waals surface area contributed by atoms with Gasteiger partial charge in [-0.15, -0.1) is 0 Å². The molecule has 22 heavy (non-hydrogen) atoms. The number of nitro groups is 1. The molecule has 0 spiro atoms. The molecule has 0 bridgehead atoms. The van der Waals surface area contributed by atoms with Gasteiger partial charge in [-0.05, 0) is 36.8 Å². The van der Waals surface area contributed by atoms with E-state index < -0.39 is 10.9 Å². The average molecular weight is 305 g/mol. The monoisotopic (exact) mass is 305 g/mol. The summed E-state index contributed by atoms with van der Waals surface area (Å²) in [6.45, 7) is 6.53. The van der Waals surface area contributed by atoms with E-state index in [-0.39, 0.29) is 17.2 Å². The summed E-state index contributed by atoms with van der Waals surface area (Å²) in [6.07, 6.45) is 4.14. The van der Waals surface area contributed by atoms with Gasteiger partial charge in [0, 0.05) is 18.1 Å². The Morgan fingerprint density at radius 3 is 2.32 bits per heavy atom. The number of esters is 1. The smallest absolute Gasteiger partial charge is 0.338 e. The van der Waals surface area contributed by atoms with Gasteiger partial charge in [-0.25, -0.2) is 4.79 Å². The van der Waals surface area contributed by atoms with Gasteiger partial charge < -0.3 is 4.74 Å². The van der Waals surface area contributed by atoms with E-state index in [0.29, 0.717) is 11.5 Å². The Kier molecular flexibility index (Phi) is 4.84. The SMILES string of the molecule is CC(C)(C)[C@@H]1CCCC[C@H]1OC(=O)c1ccc([N+](=O)[O-])cc1. The minimum absolute atomic E-state index is 0.0261. The zero-order valence-electron chi connectivity index (χ0n) is 13.4. The molecule has 2 rings (SSSR count). The highest BCUT2D eigenvalue weighted by Gasteiger charge is 2.36. The Hall–Kier alpha value is -1.91. The summed E-state index contributed by atoms with van der Waals surface area (Å²) in [5, 5.41) is 10.6. The maximum absolute atomic E-state index is 12.3. The summed E-state index contributed by atoms with van der Waals surface area (Å²) < 4.78 is 5.71. The molecule has 2 atom stereocenters. The molecule has 1 aromatic carbocycles. The van der Waals surface area contributed by atoms with Crippen LogP contribution in [0.4, 0.5) is 5.69 Å². The number of carbonyl (C=O) groups excluding carboxylic acids is 1. The van der Waals surface area contributed by atoms with Crippen LogP contribution in [0.15, 0.2) is 24.3 Å². The van der Waals surface area contributed by atoms with Gasteiger partial charge >= 0.3 is 5.97 Å². The summed E-state index contributed by atoms with van der Waals surface area (Å²) in [5.74, 6) is -0.0423. The van der Waals surface area contributed by atoms with Crippen molar-refractivity contribution < 1.29 is 14.5 Å². The van der Waals surface area contributed by atoms with E-state index in [2.05, 4.69) is 20.8 Å². The predicted octanol–water partition coefficient (Wildman–Crippen LogP) is 4.36. The second-order valence-electron chi connectivity index (χ2n) is 7.00. The van der Waals surface area contributed by atoms with Gasteiger partial charge in [-0.1, -0.05) is 27.2 Å². The highest BCUT2D eigenvalue weighted by Crippen LogP contribution is 2.39. The van der Waals surface area contributed by atoms with E-state index in [9.17, 15) is 14.9 Å². The lowest BCUT2D eigenvalue weighted by Gasteiger charge is -2.39. The molecule has 1 aliphatic rings. The van der Waals surface area contributed by atoms with Crippen molar-refractivity contribution in [2.75, 3.05) is 0 Å². The third-order valence-electron chi connectivity index (χ3n) is 4.39. The maximum atomic E-state index is 12.3. The minimum atomic E-state index is -0.480. The highest BCUT2D eigenvalue weighted by molar-refractivity contribution is 5.89. The molecule has 0 radical (unpaired) electrons. The molecule has 5 heteroatoms. The fraction of sp³-hybridized carbons (Fsp3) is 0.588. The molecule has 0 amide bonds. The third kappa shape index (κ3) is 3.84. The molecule has 5 nitrogen and oxygen atoms in total. The Bertz CT molecular complexity index is 545. The predicted molar refractivity (Wildman–Crippen MR) is 83.7 cm³/mol. The van der Waals surface area contributed by atoms with Gasteiger partial charge in [0.05, 0.1) is 10.5 Å². The number of ether oxygens (including phenoxy) is 1. The highest BCUT2D eigenvalue weighted by atomic mass is 16.6. The van der Waals surface area contributed by atoms with Crippen molar-refractivity contribution in [3.63, 3.8) is 0 Å². The lowest BCUT2D eigenvalue weighted by Crippen LogP contribution is -2.38. The molecular formula is C17H23NO4. The van der Waals surface area contributed by atoms with Gasteiger partial charge in [0.25, 0.3) is 5.69 Å². The van der Waals surface area contributed by atoms with Crippen LogP contribution in [-0.4, -0.2) is 17.0 Å². The Balaban J connectivity index is 2.08. The van der Waals surface area contributed by atoms with E-state index in [1.165, 1.54) is 30.7 Å². The molecule has 0 unspecified atom stereocenters. The third-order valence-corrected chi connectivity index (χ3v) is 4.39. The topological polar surface area (TPSA) is 69.4 Å². The quantitative estimate of drug-likeness (QED) is 0.473. The van der Waals surface area contributed by atoms with E-state index >= 15 is 0 Å². The molecule has 1 aromatic rings. The lowest BCUT2D eigenvalue weighted by molar-refractivity contribution is -0.384. The van der Waals surface area contributed by atoms with E-state index in [4.69, 9.17) is 4.74 Å². The molecule has 0 aromatic heterocycles. The van der Waals surface area contributed by atoms with E-state index in [1.807, 2.05) is 0 Å². The summed E-state index contributed by atoms with van der Waals surface area (Å²) in [4.78, 5) is 22.4. The van der Waals surface area contributed by atoms with Crippen molar-refractivity contribution >= 4 is 11.7 Å². The van der Waals surface area contributed by atoms with E-state index in [1.54, 1.807) is 0 Å². The number of rotatable bonds is 3. The van der Waals surface area contributed by atoms with Crippen molar-refractivity contribution in [1.29, 1.82) is 0 Å². The van der Waals surface area contributed by atoms with Crippen molar-refractivity contribution in [3.8, 4) is 0 Å². The van der Waals surface area contributed by atoms with Crippen molar-refractivity contribution in [3.05, 3.63) is 39.9 Å². The van der Waals surface area contributed by atoms with Crippen LogP contribution in [-0.2, 0) is 4.74 Å². The average Bonchev–Trinajstić information content (AvgIpc) is 2.46. The van der Waals surface area contributed by atoms with Crippen LogP contribution in [0.5, 0.6) is 0 Å². The number of hydrogen-bond donors (Lipinski definition) is 0. The largest absolute Gasteiger partial charge is 0.458 e. The van der Waals surface area contributed by atoms with Gasteiger partial charge in [0.15, 0.2) is 0 Å². The standard InChI is InChI=1S/C17H23NO4/c1-17(2,3)14-6-4-5-7-15(14)22-16(19)12-8-10-13(11-9-12)18(20)21/h8-11,14-15H,4-7H2,1-3H3/t14-,15-/m1/s1. The lowest BCUT2D eigenvalue weighted by atomic mass is 9.70. The van der Waals surface area contributed by atoms with Crippen molar-refractivity contribution in [1.82, 2.24) is 0 Å². The van der Waals surface area contributed by atoms with Crippen LogP contribution in [0.2, 0.25) is 0 Å². The molecule has 0 aliphatic heterocycles. The zero-order valence-corrected chi connectivity index (χ0v) is 13.4. The molecule has 1 aliphatic carbocycles. The Morgan fingerprint density at radius 2 is 1.77 bits per heavy atom. The first-order chi connectivity index (χ1) is 10.3. The first-order valence-electron chi connectivity index (χ1n) is 7.74. The van der Waals surface area contributed by atoms with Crippen LogP contribution < -0.4 is 0 Å². The van der Waals surface area contributed by atoms with Gasteiger partial charge in [0.2, 0.25) is 0 Å². The summed E-state index contributed by atoms with van der Waals surface area (Å²) >= 11 is 0. The normalized spacial score (nSPS) is 22.1. The molecule has 0 saturated heterocycles. The number of nitro benzene ring substituents is 1. The fourth-order valence-corrected chi connectivity index (χ4v) is 3.15. The first kappa shape index (κ1) is 16.5. The Labute approximate surface area is 130 Å².